The highest BCUT2D eigenvalue weighted by atomic mass is 32.2. The summed E-state index contributed by atoms with van der Waals surface area (Å²) in [6, 6.07) is 4.55. The highest BCUT2D eigenvalue weighted by Gasteiger charge is 2.53. The van der Waals surface area contributed by atoms with Crippen LogP contribution in [0, 0.1) is 27.9 Å². The van der Waals surface area contributed by atoms with Crippen molar-refractivity contribution in [2.75, 3.05) is 6.54 Å². The molecule has 27 heavy (non-hydrogen) atoms. The summed E-state index contributed by atoms with van der Waals surface area (Å²) in [4.78, 5) is 23.3. The molecule has 4 rings (SSSR count). The van der Waals surface area contributed by atoms with Gasteiger partial charge in [0, 0.05) is 18.5 Å². The van der Waals surface area contributed by atoms with Crippen LogP contribution in [0.15, 0.2) is 53.0 Å². The molecule has 0 aromatic heterocycles. The van der Waals surface area contributed by atoms with Gasteiger partial charge in [-0.3, -0.25) is 14.9 Å². The number of ketones is 1. The number of Topliss-reactive ketones (excluding diaryl/α,β-unsaturated/α-hetero) is 1. The minimum atomic E-state index is -4.18. The molecule has 3 aliphatic rings. The lowest BCUT2D eigenvalue weighted by molar-refractivity contribution is -0.387. The second-order valence-electron chi connectivity index (χ2n) is 7.25. The Bertz CT molecular complexity index is 982. The summed E-state index contributed by atoms with van der Waals surface area (Å²) in [6.45, 7) is 1.97. The summed E-state index contributed by atoms with van der Waals surface area (Å²) in [6.07, 6.45) is 7.07. The fraction of sp³-hybridized carbons (Fsp3) is 0.421. The van der Waals surface area contributed by atoms with Crippen LogP contribution < -0.4 is 0 Å². The number of hydrogen-bond donors (Lipinski definition) is 0. The highest BCUT2D eigenvalue weighted by Crippen LogP contribution is 2.48. The van der Waals surface area contributed by atoms with E-state index in [0.29, 0.717) is 12.8 Å². The van der Waals surface area contributed by atoms with E-state index in [4.69, 9.17) is 0 Å². The second-order valence-corrected chi connectivity index (χ2v) is 9.11. The molecule has 1 aromatic carbocycles. The maximum absolute atomic E-state index is 13.3. The van der Waals surface area contributed by atoms with Gasteiger partial charge in [-0.15, -0.1) is 0 Å². The number of fused-ring (bicyclic) bond motifs is 4. The van der Waals surface area contributed by atoms with Crippen LogP contribution in [0.5, 0.6) is 0 Å². The Kier molecular flexibility index (Phi) is 4.27. The van der Waals surface area contributed by atoms with Crippen LogP contribution in [0.1, 0.15) is 19.8 Å². The van der Waals surface area contributed by atoms with Crippen LogP contribution in [0.3, 0.4) is 0 Å². The van der Waals surface area contributed by atoms with Gasteiger partial charge >= 0.3 is 0 Å². The second kappa shape index (κ2) is 6.38. The van der Waals surface area contributed by atoms with E-state index in [1.54, 1.807) is 0 Å². The monoisotopic (exact) mass is 388 g/mol. The Balaban J connectivity index is 1.80. The molecule has 1 aromatic rings. The van der Waals surface area contributed by atoms with E-state index < -0.39 is 26.7 Å². The number of nitro benzene ring substituents is 1. The van der Waals surface area contributed by atoms with Crippen LogP contribution in [-0.4, -0.2) is 36.0 Å². The number of benzene rings is 1. The SMILES string of the molecule is C/C=C1/CN(S(=O)(=O)c2ccccc2[N+](=O)[O-])C2CC1C1C=CCC1C2=O. The Morgan fingerprint density at radius 2 is 2.00 bits per heavy atom. The third-order valence-electron chi connectivity index (χ3n) is 6.03. The molecular weight excluding hydrogens is 368 g/mol. The molecule has 1 heterocycles. The standard InChI is InChI=1S/C19H20N2O5S/c1-2-12-11-20(17-10-15(12)13-6-5-7-14(13)19(17)22)27(25,26)18-9-4-3-8-16(18)21(23)24/h2-6,8-9,13-15,17H,7,10-11H2,1H3/b12-2-. The number of sulfonamides is 1. The van der Waals surface area contributed by atoms with E-state index in [-0.39, 0.29) is 35.0 Å². The van der Waals surface area contributed by atoms with Gasteiger partial charge in [0.1, 0.15) is 0 Å². The van der Waals surface area contributed by atoms with Crippen molar-refractivity contribution in [3.05, 3.63) is 58.2 Å². The zero-order chi connectivity index (χ0) is 19.3. The van der Waals surface area contributed by atoms with Crippen molar-refractivity contribution < 1.29 is 18.1 Å². The third-order valence-corrected chi connectivity index (χ3v) is 7.93. The molecule has 0 amide bonds. The van der Waals surface area contributed by atoms with E-state index >= 15 is 0 Å². The number of carbonyl (C=O) groups is 1. The summed E-state index contributed by atoms with van der Waals surface area (Å²) in [5.41, 5.74) is 0.507. The van der Waals surface area contributed by atoms with E-state index in [0.717, 1.165) is 5.57 Å². The van der Waals surface area contributed by atoms with Crippen molar-refractivity contribution >= 4 is 21.5 Å². The van der Waals surface area contributed by atoms with Gasteiger partial charge in [-0.2, -0.15) is 4.31 Å². The molecule has 1 aliphatic heterocycles. The summed E-state index contributed by atoms with van der Waals surface area (Å²) in [7, 11) is -4.18. The zero-order valence-corrected chi connectivity index (χ0v) is 15.6. The molecule has 1 saturated carbocycles. The highest BCUT2D eigenvalue weighted by molar-refractivity contribution is 7.89. The Morgan fingerprint density at radius 1 is 1.26 bits per heavy atom. The number of carbonyl (C=O) groups excluding carboxylic acids is 1. The average molecular weight is 388 g/mol. The first-order valence-corrected chi connectivity index (χ1v) is 10.4. The summed E-state index contributed by atoms with van der Waals surface area (Å²) < 4.78 is 27.9. The molecule has 7 nitrogen and oxygen atoms in total. The molecule has 4 unspecified atom stereocenters. The van der Waals surface area contributed by atoms with Crippen LogP contribution in [0.2, 0.25) is 0 Å². The molecule has 0 radical (unpaired) electrons. The van der Waals surface area contributed by atoms with Crippen molar-refractivity contribution in [1.29, 1.82) is 0 Å². The quantitative estimate of drug-likeness (QED) is 0.450. The summed E-state index contributed by atoms with van der Waals surface area (Å²) >= 11 is 0. The van der Waals surface area contributed by atoms with E-state index in [9.17, 15) is 23.3 Å². The van der Waals surface area contributed by atoms with Gasteiger partial charge in [0.05, 0.1) is 11.0 Å². The molecule has 0 spiro atoms. The lowest BCUT2D eigenvalue weighted by Crippen LogP contribution is -2.57. The largest absolute Gasteiger partial charge is 0.298 e. The van der Waals surface area contributed by atoms with Gasteiger partial charge in [0.2, 0.25) is 0 Å². The smallest absolute Gasteiger partial charge is 0.289 e. The fourth-order valence-corrected chi connectivity index (χ4v) is 6.48. The number of nitrogens with zero attached hydrogens (tertiary/aromatic N) is 2. The zero-order valence-electron chi connectivity index (χ0n) is 14.8. The topological polar surface area (TPSA) is 97.6 Å². The first-order chi connectivity index (χ1) is 12.9. The normalized spacial score (nSPS) is 31.9. The molecular formula is C19H20N2O5S. The maximum atomic E-state index is 13.3. The van der Waals surface area contributed by atoms with E-state index in [1.807, 2.05) is 19.1 Å². The van der Waals surface area contributed by atoms with E-state index in [1.165, 1.54) is 28.6 Å². The molecule has 8 heteroatoms. The predicted octanol–water partition coefficient (Wildman–Crippen LogP) is 2.70. The van der Waals surface area contributed by atoms with Crippen LogP contribution in [0.4, 0.5) is 5.69 Å². The fourth-order valence-electron chi connectivity index (χ4n) is 4.73. The van der Waals surface area contributed by atoms with E-state index in [2.05, 4.69) is 6.08 Å². The maximum Gasteiger partial charge on any atom is 0.289 e. The first-order valence-electron chi connectivity index (χ1n) is 8.97. The van der Waals surface area contributed by atoms with Crippen molar-refractivity contribution in [2.24, 2.45) is 17.8 Å². The average Bonchev–Trinajstić information content (AvgIpc) is 3.16. The van der Waals surface area contributed by atoms with Crippen molar-refractivity contribution in [3.8, 4) is 0 Å². The Hall–Kier alpha value is -2.32. The molecule has 2 aliphatic carbocycles. The number of para-hydroxylation sites is 1. The Labute approximate surface area is 157 Å². The first kappa shape index (κ1) is 18.1. The summed E-state index contributed by atoms with van der Waals surface area (Å²) in [5, 5.41) is 11.3. The number of nitro groups is 1. The van der Waals surface area contributed by atoms with Gasteiger partial charge in [-0.25, -0.2) is 8.42 Å². The molecule has 1 saturated heterocycles. The Morgan fingerprint density at radius 3 is 2.70 bits per heavy atom. The minimum absolute atomic E-state index is 0.0708. The van der Waals surface area contributed by atoms with Gasteiger partial charge in [0.15, 0.2) is 10.7 Å². The number of piperidine rings is 1. The number of allylic oxidation sites excluding steroid dienone is 3. The predicted molar refractivity (Wildman–Crippen MR) is 98.4 cm³/mol. The lowest BCUT2D eigenvalue weighted by atomic mass is 9.66. The van der Waals surface area contributed by atoms with Gasteiger partial charge in [0.25, 0.3) is 15.7 Å². The molecule has 2 fully saturated rings. The molecule has 2 bridgehead atoms. The van der Waals surface area contributed by atoms with Gasteiger partial charge in [-0.05, 0) is 37.7 Å². The minimum Gasteiger partial charge on any atom is -0.298 e. The van der Waals surface area contributed by atoms with Crippen LogP contribution in [-0.2, 0) is 14.8 Å². The molecule has 142 valence electrons. The van der Waals surface area contributed by atoms with Crippen LogP contribution in [0.25, 0.3) is 0 Å². The van der Waals surface area contributed by atoms with Crippen molar-refractivity contribution in [2.45, 2.75) is 30.7 Å². The third kappa shape index (κ3) is 2.66. The number of hydrogen-bond acceptors (Lipinski definition) is 5. The van der Waals surface area contributed by atoms with Gasteiger partial charge in [-0.1, -0.05) is 35.9 Å². The van der Waals surface area contributed by atoms with Gasteiger partial charge < -0.3 is 0 Å². The van der Waals surface area contributed by atoms with Crippen LogP contribution >= 0.6 is 0 Å². The molecule has 0 N–H and O–H groups in total. The molecule has 4 atom stereocenters. The van der Waals surface area contributed by atoms with Crippen molar-refractivity contribution in [3.63, 3.8) is 0 Å². The van der Waals surface area contributed by atoms with Crippen molar-refractivity contribution in [1.82, 2.24) is 4.31 Å². The lowest BCUT2D eigenvalue weighted by Gasteiger charge is -2.47. The number of rotatable bonds is 3. The summed E-state index contributed by atoms with van der Waals surface area (Å²) in [5.74, 6) is 0.0144.